The van der Waals surface area contributed by atoms with Crippen molar-refractivity contribution in [2.24, 2.45) is 17.8 Å². The van der Waals surface area contributed by atoms with Gasteiger partial charge in [0, 0.05) is 12.2 Å². The first-order valence-corrected chi connectivity index (χ1v) is 11.4. The quantitative estimate of drug-likeness (QED) is 0.452. The maximum Gasteiger partial charge on any atom is 0.166 e. The molecule has 3 saturated carbocycles. The highest BCUT2D eigenvalue weighted by Gasteiger charge is 2.41. The third-order valence-corrected chi connectivity index (χ3v) is 7.84. The van der Waals surface area contributed by atoms with E-state index in [1.165, 1.54) is 25.7 Å². The molecule has 0 spiro atoms. The van der Waals surface area contributed by atoms with Crippen LogP contribution in [0.2, 0.25) is 5.15 Å². The van der Waals surface area contributed by atoms with Gasteiger partial charge in [-0.1, -0.05) is 18.5 Å². The smallest absolute Gasteiger partial charge is 0.166 e. The fourth-order valence-corrected chi connectivity index (χ4v) is 6.18. The highest BCUT2D eigenvalue weighted by Crippen LogP contribution is 2.46. The topological polar surface area (TPSA) is 79.4 Å². The Hall–Kier alpha value is -2.25. The van der Waals surface area contributed by atoms with Gasteiger partial charge < -0.3 is 10.3 Å². The van der Waals surface area contributed by atoms with Gasteiger partial charge in [0.1, 0.15) is 21.3 Å². The fourth-order valence-electron chi connectivity index (χ4n) is 5.29. The second-order valence-electron chi connectivity index (χ2n) is 8.33. The molecule has 0 radical (unpaired) electrons. The van der Waals surface area contributed by atoms with E-state index in [4.69, 9.17) is 21.6 Å². The Morgan fingerprint density at radius 1 is 1.14 bits per heavy atom. The predicted octanol–water partition coefficient (Wildman–Crippen LogP) is 5.52. The van der Waals surface area contributed by atoms with Crippen molar-refractivity contribution in [2.45, 2.75) is 38.6 Å². The summed E-state index contributed by atoms with van der Waals surface area (Å²) in [5.41, 5.74) is 2.21. The van der Waals surface area contributed by atoms with Crippen LogP contribution in [0.4, 0.5) is 5.82 Å². The van der Waals surface area contributed by atoms with E-state index in [0.29, 0.717) is 34.1 Å². The third kappa shape index (κ3) is 2.82. The number of thiophene rings is 1. The molecular formula is C21H21ClN6S. The van der Waals surface area contributed by atoms with Crippen molar-refractivity contribution in [3.8, 4) is 11.4 Å². The number of anilines is 1. The average molecular weight is 425 g/mol. The monoisotopic (exact) mass is 424 g/mol. The summed E-state index contributed by atoms with van der Waals surface area (Å²) in [4.78, 5) is 22.7. The van der Waals surface area contributed by atoms with E-state index in [2.05, 4.69) is 38.6 Å². The minimum atomic E-state index is 0.362. The molecule has 4 aromatic rings. The summed E-state index contributed by atoms with van der Waals surface area (Å²) in [5, 5.41) is 7.37. The molecule has 4 heterocycles. The molecular weight excluding hydrogens is 404 g/mol. The van der Waals surface area contributed by atoms with Gasteiger partial charge in [-0.05, 0) is 54.9 Å². The van der Waals surface area contributed by atoms with Gasteiger partial charge in [0.25, 0.3) is 0 Å². The minimum absolute atomic E-state index is 0.362. The molecule has 7 rings (SSSR count). The van der Waals surface area contributed by atoms with Crippen LogP contribution in [-0.4, -0.2) is 31.0 Å². The molecule has 3 aliphatic rings. The number of halogens is 1. The van der Waals surface area contributed by atoms with Gasteiger partial charge >= 0.3 is 0 Å². The molecule has 2 bridgehead atoms. The van der Waals surface area contributed by atoms with Gasteiger partial charge in [0.2, 0.25) is 0 Å². The number of H-pyrrole nitrogens is 1. The Morgan fingerprint density at radius 2 is 1.97 bits per heavy atom. The first-order valence-electron chi connectivity index (χ1n) is 10.2. The minimum Gasteiger partial charge on any atom is -0.366 e. The highest BCUT2D eigenvalue weighted by molar-refractivity contribution is 7.16. The molecule has 3 aliphatic carbocycles. The zero-order chi connectivity index (χ0) is 19.5. The molecule has 6 nitrogen and oxygen atoms in total. The molecule has 4 aromatic heterocycles. The van der Waals surface area contributed by atoms with E-state index in [-0.39, 0.29) is 0 Å². The van der Waals surface area contributed by atoms with Crippen LogP contribution in [0.15, 0.2) is 23.8 Å². The number of hydrogen-bond acceptors (Lipinski definition) is 6. The van der Waals surface area contributed by atoms with Crippen LogP contribution in [-0.2, 0) is 0 Å². The van der Waals surface area contributed by atoms with Gasteiger partial charge in [-0.15, -0.1) is 11.3 Å². The van der Waals surface area contributed by atoms with E-state index in [9.17, 15) is 0 Å². The normalized spacial score (nSPS) is 26.4. The lowest BCUT2D eigenvalue weighted by Gasteiger charge is -2.47. The number of nitrogens with zero attached hydrogens (tertiary/aromatic N) is 4. The lowest BCUT2D eigenvalue weighted by Crippen LogP contribution is -2.47. The van der Waals surface area contributed by atoms with Gasteiger partial charge in [-0.2, -0.15) is 0 Å². The van der Waals surface area contributed by atoms with Crippen molar-refractivity contribution >= 4 is 50.1 Å². The number of fused-ring (bicyclic) bond motifs is 5. The summed E-state index contributed by atoms with van der Waals surface area (Å²) in [6.45, 7) is 2.40. The number of hydrogen-bond donors (Lipinski definition) is 2. The predicted molar refractivity (Wildman–Crippen MR) is 117 cm³/mol. The molecule has 8 heteroatoms. The van der Waals surface area contributed by atoms with E-state index in [1.807, 2.05) is 6.20 Å². The third-order valence-electron chi connectivity index (χ3n) is 6.86. The van der Waals surface area contributed by atoms with E-state index in [1.54, 1.807) is 17.5 Å². The summed E-state index contributed by atoms with van der Waals surface area (Å²) in [6.07, 6.45) is 8.82. The Kier molecular flexibility index (Phi) is 4.03. The molecule has 29 heavy (non-hydrogen) atoms. The lowest BCUT2D eigenvalue weighted by molar-refractivity contribution is 0.0929. The van der Waals surface area contributed by atoms with Crippen molar-refractivity contribution in [3.63, 3.8) is 0 Å². The van der Waals surface area contributed by atoms with Crippen LogP contribution in [0.25, 0.3) is 32.8 Å². The maximum atomic E-state index is 6.09. The van der Waals surface area contributed by atoms with E-state index in [0.717, 1.165) is 33.4 Å². The van der Waals surface area contributed by atoms with Gasteiger partial charge in [-0.3, -0.25) is 0 Å². The van der Waals surface area contributed by atoms with Crippen LogP contribution < -0.4 is 5.32 Å². The zero-order valence-corrected chi connectivity index (χ0v) is 17.6. The Labute approximate surface area is 177 Å². The summed E-state index contributed by atoms with van der Waals surface area (Å²) in [6, 6.07) is 2.59. The number of aromatic amines is 1. The molecule has 0 aliphatic heterocycles. The van der Waals surface area contributed by atoms with Crippen molar-refractivity contribution < 1.29 is 0 Å². The van der Waals surface area contributed by atoms with Crippen LogP contribution in [0.1, 0.15) is 32.6 Å². The number of aromatic nitrogens is 5. The van der Waals surface area contributed by atoms with Crippen molar-refractivity contribution in [1.29, 1.82) is 0 Å². The van der Waals surface area contributed by atoms with Crippen molar-refractivity contribution in [3.05, 3.63) is 29.0 Å². The summed E-state index contributed by atoms with van der Waals surface area (Å²) >= 11 is 7.72. The molecule has 2 atom stereocenters. The number of rotatable bonds is 3. The summed E-state index contributed by atoms with van der Waals surface area (Å²) in [5.74, 6) is 3.83. The fraction of sp³-hybridized carbons (Fsp3) is 0.429. The maximum absolute atomic E-state index is 6.09. The molecule has 0 amide bonds. The van der Waals surface area contributed by atoms with Crippen molar-refractivity contribution in [1.82, 2.24) is 24.9 Å². The zero-order valence-electron chi connectivity index (χ0n) is 16.0. The molecule has 148 valence electrons. The van der Waals surface area contributed by atoms with Crippen LogP contribution in [0.5, 0.6) is 0 Å². The van der Waals surface area contributed by atoms with E-state index < -0.39 is 0 Å². The Bertz CT molecular complexity index is 1210. The second-order valence-corrected chi connectivity index (χ2v) is 9.61. The molecule has 0 aromatic carbocycles. The first-order chi connectivity index (χ1) is 14.2. The standard InChI is InChI=1S/C21H21ClN6S/c1-10-11-2-4-12(5-3-11)16(10)26-18-13-6-7-29-21(13)28-19(27-18)14-8-23-20-17(14)25-15(22)9-24-20/h6-12,16H,2-5H2,1H3,(H,23,24)(H,26,27,28)/t10-,11?,12?,16+/m0/s1. The van der Waals surface area contributed by atoms with Crippen LogP contribution >= 0.6 is 22.9 Å². The summed E-state index contributed by atoms with van der Waals surface area (Å²) in [7, 11) is 0. The van der Waals surface area contributed by atoms with Crippen molar-refractivity contribution in [2.75, 3.05) is 5.32 Å². The lowest BCUT2D eigenvalue weighted by atomic mass is 9.62. The average Bonchev–Trinajstić information content (AvgIpc) is 3.37. The molecule has 0 saturated heterocycles. The molecule has 3 fully saturated rings. The van der Waals surface area contributed by atoms with Gasteiger partial charge in [0.05, 0.1) is 17.1 Å². The second kappa shape index (κ2) is 6.64. The van der Waals surface area contributed by atoms with Crippen LogP contribution in [0, 0.1) is 17.8 Å². The Balaban J connectivity index is 1.46. The van der Waals surface area contributed by atoms with E-state index >= 15 is 0 Å². The Morgan fingerprint density at radius 3 is 2.79 bits per heavy atom. The van der Waals surface area contributed by atoms with Gasteiger partial charge in [-0.25, -0.2) is 19.9 Å². The van der Waals surface area contributed by atoms with Crippen LogP contribution in [0.3, 0.4) is 0 Å². The highest BCUT2D eigenvalue weighted by atomic mass is 35.5. The SMILES string of the molecule is C[C@H]1C2CCC(CC2)[C@@H]1Nc1nc(-c2c[nH]c3ncc(Cl)nc23)nc2sccc12. The van der Waals surface area contributed by atoms with Gasteiger partial charge in [0.15, 0.2) is 11.5 Å². The summed E-state index contributed by atoms with van der Waals surface area (Å²) < 4.78 is 0. The first kappa shape index (κ1) is 17.6. The number of nitrogens with one attached hydrogen (secondary N) is 2. The molecule has 0 unspecified atom stereocenters. The largest absolute Gasteiger partial charge is 0.366 e. The molecule has 2 N–H and O–H groups in total.